The van der Waals surface area contributed by atoms with Crippen LogP contribution >= 0.6 is 24.6 Å². The Kier molecular flexibility index (Phi) is 9.90. The van der Waals surface area contributed by atoms with E-state index in [0.717, 1.165) is 18.0 Å². The van der Waals surface area contributed by atoms with Crippen molar-refractivity contribution in [1.29, 1.82) is 0 Å². The highest BCUT2D eigenvalue weighted by Crippen LogP contribution is 2.12. The fraction of sp³-hybridized carbons (Fsp3) is 0.909. The lowest BCUT2D eigenvalue weighted by Gasteiger charge is -2.19. The van der Waals surface area contributed by atoms with Gasteiger partial charge in [-0.2, -0.15) is 0 Å². The molecule has 2 atom stereocenters. The van der Waals surface area contributed by atoms with Crippen molar-refractivity contribution in [2.24, 2.45) is 0 Å². The number of nitrogens with zero attached hydrogens (tertiary/aromatic N) is 1. The molecule has 0 aromatic heterocycles. The van der Waals surface area contributed by atoms with Gasteiger partial charge < -0.3 is 24.8 Å². The summed E-state index contributed by atoms with van der Waals surface area (Å²) in [5.74, 6) is 0. The van der Waals surface area contributed by atoms with Crippen LogP contribution in [0.5, 0.6) is 0 Å². The van der Waals surface area contributed by atoms with E-state index in [1.54, 1.807) is 0 Å². The van der Waals surface area contributed by atoms with Gasteiger partial charge in [-0.15, -0.1) is 12.4 Å². The predicted molar refractivity (Wildman–Crippen MR) is 77.6 cm³/mol. The highest BCUT2D eigenvalue weighted by atomic mass is 35.5. The molecule has 1 saturated heterocycles. The van der Waals surface area contributed by atoms with Gasteiger partial charge in [-0.25, -0.2) is 0 Å². The standard InChI is InChI=1S/C11H22N2O3S.ClH/c1-13(2)11(17)10-7-9(8-12-10)16-6-5-15-4-3-14;/h9-10,12,14H,3-8H2,1-2H3;1H/t9-,10+;/m1./s1. The Labute approximate surface area is 120 Å². The molecule has 0 aromatic carbocycles. The van der Waals surface area contributed by atoms with Gasteiger partial charge in [0.05, 0.1) is 43.6 Å². The second-order valence-corrected chi connectivity index (χ2v) is 4.68. The summed E-state index contributed by atoms with van der Waals surface area (Å²) in [4.78, 5) is 2.88. The van der Waals surface area contributed by atoms with Crippen LogP contribution in [0.1, 0.15) is 6.42 Å². The fourth-order valence-corrected chi connectivity index (χ4v) is 1.95. The summed E-state index contributed by atoms with van der Waals surface area (Å²) in [6, 6.07) is 0.239. The minimum absolute atomic E-state index is 0. The van der Waals surface area contributed by atoms with Gasteiger partial charge in [0, 0.05) is 20.6 Å². The van der Waals surface area contributed by atoms with Crippen molar-refractivity contribution in [3.8, 4) is 0 Å². The maximum Gasteiger partial charge on any atom is 0.0947 e. The van der Waals surface area contributed by atoms with E-state index in [1.807, 2.05) is 19.0 Å². The zero-order chi connectivity index (χ0) is 12.7. The molecule has 0 saturated carbocycles. The Hall–Kier alpha value is 0.0200. The van der Waals surface area contributed by atoms with Crippen LogP contribution < -0.4 is 5.32 Å². The molecule has 0 bridgehead atoms. The Morgan fingerprint density at radius 3 is 2.72 bits per heavy atom. The average Bonchev–Trinajstić information content (AvgIpc) is 2.76. The third kappa shape index (κ3) is 6.26. The lowest BCUT2D eigenvalue weighted by molar-refractivity contribution is 0.00448. The van der Waals surface area contributed by atoms with Gasteiger partial charge in [-0.1, -0.05) is 12.2 Å². The molecule has 1 rings (SSSR count). The van der Waals surface area contributed by atoms with Crippen molar-refractivity contribution in [3.05, 3.63) is 0 Å². The predicted octanol–water partition coefficient (Wildman–Crippen LogP) is 0.0532. The number of rotatable bonds is 7. The Balaban J connectivity index is 0.00000289. The Bertz CT molecular complexity index is 244. The van der Waals surface area contributed by atoms with E-state index in [2.05, 4.69) is 5.32 Å². The average molecular weight is 299 g/mol. The van der Waals surface area contributed by atoms with Crippen molar-refractivity contribution in [1.82, 2.24) is 10.2 Å². The monoisotopic (exact) mass is 298 g/mol. The van der Waals surface area contributed by atoms with Crippen molar-refractivity contribution in [2.75, 3.05) is 47.1 Å². The summed E-state index contributed by atoms with van der Waals surface area (Å²) in [6.07, 6.45) is 1.12. The molecule has 0 spiro atoms. The highest BCUT2D eigenvalue weighted by molar-refractivity contribution is 7.80. The van der Waals surface area contributed by atoms with E-state index in [0.29, 0.717) is 19.8 Å². The molecule has 1 heterocycles. The first-order valence-electron chi connectivity index (χ1n) is 5.90. The molecule has 0 aromatic rings. The number of hydrogen-bond donors (Lipinski definition) is 2. The topological polar surface area (TPSA) is 54.0 Å². The van der Waals surface area contributed by atoms with E-state index >= 15 is 0 Å². The molecule has 2 N–H and O–H groups in total. The lowest BCUT2D eigenvalue weighted by Crippen LogP contribution is -2.38. The summed E-state index contributed by atoms with van der Waals surface area (Å²) in [7, 11) is 3.92. The Morgan fingerprint density at radius 2 is 2.11 bits per heavy atom. The van der Waals surface area contributed by atoms with Crippen LogP contribution in [0.2, 0.25) is 0 Å². The third-order valence-electron chi connectivity index (χ3n) is 2.65. The van der Waals surface area contributed by atoms with Gasteiger partial charge in [-0.3, -0.25) is 0 Å². The lowest BCUT2D eigenvalue weighted by atomic mass is 10.2. The van der Waals surface area contributed by atoms with Crippen molar-refractivity contribution in [3.63, 3.8) is 0 Å². The summed E-state index contributed by atoms with van der Waals surface area (Å²) >= 11 is 5.32. The number of aliphatic hydroxyl groups is 1. The van der Waals surface area contributed by atoms with E-state index in [-0.39, 0.29) is 31.2 Å². The molecule has 0 aliphatic carbocycles. The van der Waals surface area contributed by atoms with Gasteiger partial charge >= 0.3 is 0 Å². The van der Waals surface area contributed by atoms with Gasteiger partial charge in [-0.05, 0) is 6.42 Å². The maximum absolute atomic E-state index is 8.53. The quantitative estimate of drug-likeness (QED) is 0.512. The molecule has 108 valence electrons. The first-order chi connectivity index (χ1) is 8.15. The smallest absolute Gasteiger partial charge is 0.0947 e. The largest absolute Gasteiger partial charge is 0.394 e. The molecular weight excluding hydrogens is 276 g/mol. The first-order valence-corrected chi connectivity index (χ1v) is 6.30. The van der Waals surface area contributed by atoms with E-state index in [4.69, 9.17) is 26.8 Å². The minimum atomic E-state index is 0. The van der Waals surface area contributed by atoms with E-state index in [1.165, 1.54) is 0 Å². The number of hydrogen-bond acceptors (Lipinski definition) is 5. The number of thiocarbonyl (C=S) groups is 1. The fourth-order valence-electron chi connectivity index (χ4n) is 1.77. The normalized spacial score (nSPS) is 22.6. The molecule has 18 heavy (non-hydrogen) atoms. The van der Waals surface area contributed by atoms with E-state index < -0.39 is 0 Å². The number of aliphatic hydroxyl groups excluding tert-OH is 1. The second kappa shape index (κ2) is 9.89. The van der Waals surface area contributed by atoms with Crippen LogP contribution in [0.25, 0.3) is 0 Å². The van der Waals surface area contributed by atoms with Crippen LogP contribution in [0.3, 0.4) is 0 Å². The van der Waals surface area contributed by atoms with Crippen LogP contribution in [-0.2, 0) is 9.47 Å². The third-order valence-corrected chi connectivity index (χ3v) is 3.30. The molecule has 5 nitrogen and oxygen atoms in total. The van der Waals surface area contributed by atoms with E-state index in [9.17, 15) is 0 Å². The summed E-state index contributed by atoms with van der Waals surface area (Å²) in [5, 5.41) is 11.9. The zero-order valence-electron chi connectivity index (χ0n) is 10.9. The minimum Gasteiger partial charge on any atom is -0.394 e. The second-order valence-electron chi connectivity index (χ2n) is 4.26. The number of ether oxygens (including phenoxy) is 2. The van der Waals surface area contributed by atoms with Crippen molar-refractivity contribution < 1.29 is 14.6 Å². The van der Waals surface area contributed by atoms with Crippen LogP contribution in [-0.4, -0.2) is 74.2 Å². The number of halogens is 1. The van der Waals surface area contributed by atoms with Gasteiger partial charge in [0.25, 0.3) is 0 Å². The molecule has 0 amide bonds. The van der Waals surface area contributed by atoms with Crippen LogP contribution in [0.4, 0.5) is 0 Å². The van der Waals surface area contributed by atoms with Crippen molar-refractivity contribution in [2.45, 2.75) is 18.6 Å². The molecule has 1 aliphatic rings. The SMILES string of the molecule is CN(C)C(=S)[C@@H]1C[C@@H](OCCOCCO)CN1.Cl. The molecule has 0 radical (unpaired) electrons. The number of likely N-dealkylation sites (N-methyl/N-ethyl adjacent to an activating group) is 1. The zero-order valence-corrected chi connectivity index (χ0v) is 12.6. The molecule has 1 aliphatic heterocycles. The van der Waals surface area contributed by atoms with Gasteiger partial charge in [0.1, 0.15) is 0 Å². The van der Waals surface area contributed by atoms with Crippen molar-refractivity contribution >= 4 is 29.6 Å². The maximum atomic E-state index is 8.53. The molecule has 0 unspecified atom stereocenters. The molecule has 7 heteroatoms. The highest BCUT2D eigenvalue weighted by Gasteiger charge is 2.28. The first kappa shape index (κ1) is 18.0. The van der Waals surface area contributed by atoms with Gasteiger partial charge in [0.15, 0.2) is 0 Å². The summed E-state index contributed by atoms with van der Waals surface area (Å²) in [5.41, 5.74) is 0. The Morgan fingerprint density at radius 1 is 1.39 bits per heavy atom. The summed E-state index contributed by atoms with van der Waals surface area (Å²) < 4.78 is 10.8. The number of nitrogens with one attached hydrogen (secondary N) is 1. The summed E-state index contributed by atoms with van der Waals surface area (Å²) in [6.45, 7) is 2.36. The van der Waals surface area contributed by atoms with Crippen LogP contribution in [0.15, 0.2) is 0 Å². The van der Waals surface area contributed by atoms with Gasteiger partial charge in [0.2, 0.25) is 0 Å². The molecular formula is C11H23ClN2O3S. The van der Waals surface area contributed by atoms with Crippen LogP contribution in [0, 0.1) is 0 Å². The molecule has 1 fully saturated rings.